The molecule has 30 heavy (non-hydrogen) atoms. The third-order valence-electron chi connectivity index (χ3n) is 6.47. The Labute approximate surface area is 178 Å². The first-order valence-corrected chi connectivity index (χ1v) is 11.0. The smallest absolute Gasteiger partial charge is 0.193 e. The van der Waals surface area contributed by atoms with Gasteiger partial charge in [0.05, 0.1) is 11.4 Å². The number of nitrogens with zero attached hydrogens (tertiary/aromatic N) is 5. The van der Waals surface area contributed by atoms with Gasteiger partial charge in [0.25, 0.3) is 0 Å². The Morgan fingerprint density at radius 1 is 1.23 bits per heavy atom. The lowest BCUT2D eigenvalue weighted by atomic mass is 9.82. The summed E-state index contributed by atoms with van der Waals surface area (Å²) in [5.74, 6) is 3.07. The molecule has 1 aliphatic carbocycles. The summed E-state index contributed by atoms with van der Waals surface area (Å²) >= 11 is 0. The van der Waals surface area contributed by atoms with Gasteiger partial charge in [0.15, 0.2) is 5.96 Å². The number of nitrogens with one attached hydrogen (secondary N) is 1. The van der Waals surface area contributed by atoms with Crippen LogP contribution in [0.5, 0.6) is 0 Å². The molecule has 7 heteroatoms. The van der Waals surface area contributed by atoms with E-state index in [0.29, 0.717) is 17.8 Å². The summed E-state index contributed by atoms with van der Waals surface area (Å²) in [5, 5.41) is 17.7. The molecule has 4 rings (SSSR count). The third-order valence-corrected chi connectivity index (χ3v) is 6.47. The highest BCUT2D eigenvalue weighted by atomic mass is 15.3. The Morgan fingerprint density at radius 3 is 2.57 bits per heavy atom. The number of likely N-dealkylation sites (tertiary alicyclic amines) is 1. The molecule has 0 radical (unpaired) electrons. The van der Waals surface area contributed by atoms with Crippen molar-refractivity contribution in [1.82, 2.24) is 20.0 Å². The normalized spacial score (nSPS) is 21.3. The number of aromatic nitrogens is 2. The molecule has 1 saturated heterocycles. The van der Waals surface area contributed by atoms with Gasteiger partial charge in [-0.2, -0.15) is 10.4 Å². The molecule has 0 bridgehead atoms. The second-order valence-corrected chi connectivity index (χ2v) is 8.35. The largest absolute Gasteiger partial charge is 0.382 e. The molecule has 1 aromatic carbocycles. The Bertz CT molecular complexity index is 911. The quantitative estimate of drug-likeness (QED) is 0.453. The fourth-order valence-corrected chi connectivity index (χ4v) is 4.91. The second-order valence-electron chi connectivity index (χ2n) is 8.35. The van der Waals surface area contributed by atoms with E-state index >= 15 is 0 Å². The number of hydrogen-bond donors (Lipinski definition) is 2. The first-order chi connectivity index (χ1) is 14.7. The van der Waals surface area contributed by atoms with E-state index in [1.54, 1.807) is 4.68 Å². The minimum atomic E-state index is 0.405. The zero-order valence-corrected chi connectivity index (χ0v) is 17.7. The topological polar surface area (TPSA) is 95.3 Å². The lowest BCUT2D eigenvalue weighted by Gasteiger charge is -2.22. The average molecular weight is 406 g/mol. The van der Waals surface area contributed by atoms with E-state index in [9.17, 15) is 5.26 Å². The van der Waals surface area contributed by atoms with E-state index in [-0.39, 0.29) is 0 Å². The van der Waals surface area contributed by atoms with Crippen LogP contribution in [0, 0.1) is 23.2 Å². The Kier molecular flexibility index (Phi) is 6.22. The average Bonchev–Trinajstić information content (AvgIpc) is 3.35. The first kappa shape index (κ1) is 20.3. The van der Waals surface area contributed by atoms with Gasteiger partial charge in [-0.3, -0.25) is 4.99 Å². The molecule has 0 spiro atoms. The summed E-state index contributed by atoms with van der Waals surface area (Å²) in [5.41, 5.74) is 8.30. The van der Waals surface area contributed by atoms with E-state index in [2.05, 4.69) is 26.4 Å². The van der Waals surface area contributed by atoms with E-state index in [4.69, 9.17) is 5.73 Å². The maximum atomic E-state index is 9.56. The summed E-state index contributed by atoms with van der Waals surface area (Å²) in [6.45, 7) is 3.04. The molecule has 3 N–H and O–H groups in total. The van der Waals surface area contributed by atoms with Crippen molar-refractivity contribution >= 4 is 11.8 Å². The molecule has 7 nitrogen and oxygen atoms in total. The molecule has 2 fully saturated rings. The highest BCUT2D eigenvalue weighted by Gasteiger charge is 2.35. The van der Waals surface area contributed by atoms with Crippen LogP contribution in [0.2, 0.25) is 0 Å². The fraction of sp³-hybridized carbons (Fsp3) is 0.522. The van der Waals surface area contributed by atoms with Crippen molar-refractivity contribution < 1.29 is 0 Å². The Balaban J connectivity index is 1.34. The van der Waals surface area contributed by atoms with E-state index in [0.717, 1.165) is 55.2 Å². The number of aryl methyl sites for hydroxylation is 1. The summed E-state index contributed by atoms with van der Waals surface area (Å²) in [4.78, 5) is 6.92. The fourth-order valence-electron chi connectivity index (χ4n) is 4.91. The van der Waals surface area contributed by atoms with Crippen LogP contribution >= 0.6 is 0 Å². The zero-order chi connectivity index (χ0) is 20.9. The summed E-state index contributed by atoms with van der Waals surface area (Å²) in [6, 6.07) is 11.9. The molecular formula is C23H31N7. The van der Waals surface area contributed by atoms with Crippen molar-refractivity contribution in [3.05, 3.63) is 41.6 Å². The number of hydrogen-bond acceptors (Lipinski definition) is 4. The monoisotopic (exact) mass is 405 g/mol. The maximum Gasteiger partial charge on any atom is 0.193 e. The predicted octanol–water partition coefficient (Wildman–Crippen LogP) is 2.96. The number of rotatable bonds is 5. The lowest BCUT2D eigenvalue weighted by molar-refractivity contribution is 0.299. The molecule has 1 aliphatic heterocycles. The van der Waals surface area contributed by atoms with Gasteiger partial charge < -0.3 is 16.0 Å². The van der Waals surface area contributed by atoms with Crippen molar-refractivity contribution in [3.63, 3.8) is 0 Å². The van der Waals surface area contributed by atoms with Crippen LogP contribution in [0.1, 0.15) is 43.4 Å². The number of aliphatic imine (C=N–C) groups is 1. The van der Waals surface area contributed by atoms with E-state index < -0.39 is 0 Å². The molecule has 1 saturated carbocycles. The first-order valence-electron chi connectivity index (χ1n) is 11.0. The van der Waals surface area contributed by atoms with Gasteiger partial charge in [-0.05, 0) is 49.7 Å². The summed E-state index contributed by atoms with van der Waals surface area (Å²) < 4.78 is 1.66. The van der Waals surface area contributed by atoms with Crippen LogP contribution in [0.15, 0.2) is 35.3 Å². The summed E-state index contributed by atoms with van der Waals surface area (Å²) in [7, 11) is 1.86. The van der Waals surface area contributed by atoms with Crippen LogP contribution in [0.3, 0.4) is 0 Å². The predicted molar refractivity (Wildman–Crippen MR) is 119 cm³/mol. The molecule has 2 atom stereocenters. The minimum Gasteiger partial charge on any atom is -0.382 e. The van der Waals surface area contributed by atoms with Crippen molar-refractivity contribution in [3.8, 4) is 11.8 Å². The number of guanidine groups is 1. The van der Waals surface area contributed by atoms with Crippen LogP contribution in [0.25, 0.3) is 5.69 Å². The standard InChI is InChI=1S/C23H31N7/c1-26-23(29-15-17-8-5-6-9-18(17)16-29)27-13-7-12-21-20(14-24)22(25)30(28-21)19-10-3-2-4-11-19/h2-4,10-11,17-18H,5-9,12-13,15-16,25H2,1H3,(H,26,27). The maximum absolute atomic E-state index is 9.56. The van der Waals surface area contributed by atoms with Crippen molar-refractivity contribution in [1.29, 1.82) is 5.26 Å². The van der Waals surface area contributed by atoms with Crippen LogP contribution in [-0.2, 0) is 6.42 Å². The number of fused-ring (bicyclic) bond motifs is 1. The molecular weight excluding hydrogens is 374 g/mol. The van der Waals surface area contributed by atoms with Crippen LogP contribution in [0.4, 0.5) is 5.82 Å². The highest BCUT2D eigenvalue weighted by Crippen LogP contribution is 2.35. The molecule has 2 heterocycles. The highest BCUT2D eigenvalue weighted by molar-refractivity contribution is 5.80. The van der Waals surface area contributed by atoms with Crippen LogP contribution in [-0.4, -0.2) is 47.3 Å². The molecule has 2 unspecified atom stereocenters. The number of nitrogens with two attached hydrogens (primary N) is 1. The number of anilines is 1. The van der Waals surface area contributed by atoms with Crippen molar-refractivity contribution in [2.75, 3.05) is 32.4 Å². The van der Waals surface area contributed by atoms with Crippen molar-refractivity contribution in [2.24, 2.45) is 16.8 Å². The van der Waals surface area contributed by atoms with E-state index in [1.165, 1.54) is 25.7 Å². The van der Waals surface area contributed by atoms with Crippen LogP contribution < -0.4 is 11.1 Å². The second kappa shape index (κ2) is 9.21. The molecule has 1 aromatic heterocycles. The number of benzene rings is 1. The molecule has 0 amide bonds. The molecule has 2 aromatic rings. The summed E-state index contributed by atoms with van der Waals surface area (Å²) in [6.07, 6.45) is 7.03. The van der Waals surface area contributed by atoms with Gasteiger partial charge in [-0.15, -0.1) is 0 Å². The SMILES string of the molecule is CN=C(NCCCc1nn(-c2ccccc2)c(N)c1C#N)N1CC2CCCCC2C1. The zero-order valence-electron chi connectivity index (χ0n) is 17.7. The molecule has 2 aliphatic rings. The Morgan fingerprint density at radius 2 is 1.93 bits per heavy atom. The lowest BCUT2D eigenvalue weighted by Crippen LogP contribution is -2.40. The van der Waals surface area contributed by atoms with Gasteiger partial charge in [-0.1, -0.05) is 31.0 Å². The molecule has 158 valence electrons. The van der Waals surface area contributed by atoms with Gasteiger partial charge in [-0.25, -0.2) is 4.68 Å². The number of para-hydroxylation sites is 1. The number of nitriles is 1. The van der Waals surface area contributed by atoms with Gasteiger partial charge in [0.1, 0.15) is 17.5 Å². The van der Waals surface area contributed by atoms with Gasteiger partial charge in [0, 0.05) is 26.7 Å². The van der Waals surface area contributed by atoms with Gasteiger partial charge in [0.2, 0.25) is 0 Å². The van der Waals surface area contributed by atoms with E-state index in [1.807, 2.05) is 37.4 Å². The number of nitrogen functional groups attached to an aromatic ring is 1. The van der Waals surface area contributed by atoms with Crippen molar-refractivity contribution in [2.45, 2.75) is 38.5 Å². The minimum absolute atomic E-state index is 0.405. The third kappa shape index (κ3) is 4.13. The Hall–Kier alpha value is -3.01. The van der Waals surface area contributed by atoms with Gasteiger partial charge >= 0.3 is 0 Å².